The van der Waals surface area contributed by atoms with Gasteiger partial charge in [-0.15, -0.1) is 0 Å². The van der Waals surface area contributed by atoms with Gasteiger partial charge in [0.2, 0.25) is 11.8 Å². The Kier molecular flexibility index (Phi) is 7.55. The number of guanidine groups is 1. The molecule has 0 aromatic carbocycles. The topological polar surface area (TPSA) is 77.0 Å². The van der Waals surface area contributed by atoms with Gasteiger partial charge in [-0.05, 0) is 58.8 Å². The molecule has 168 valence electrons. The Balaban J connectivity index is 1.34. The summed E-state index contributed by atoms with van der Waals surface area (Å²) in [4.78, 5) is 33.7. The predicted octanol–water partition coefficient (Wildman–Crippen LogP) is 1.86. The highest BCUT2D eigenvalue weighted by atomic mass is 16.2. The van der Waals surface area contributed by atoms with Crippen LogP contribution >= 0.6 is 0 Å². The molecule has 1 saturated carbocycles. The van der Waals surface area contributed by atoms with Crippen molar-refractivity contribution in [3.05, 3.63) is 12.2 Å². The lowest BCUT2D eigenvalue weighted by molar-refractivity contribution is -0.140. The fraction of sp³-hybridized carbons (Fsp3) is 0.783. The number of hydrogen-bond acceptors (Lipinski definition) is 4. The minimum Gasteiger partial charge on any atom is -0.356 e. The largest absolute Gasteiger partial charge is 0.356 e. The molecule has 1 aliphatic heterocycles. The number of rotatable bonds is 10. The highest BCUT2D eigenvalue weighted by Gasteiger charge is 2.58. The molecule has 0 aromatic heterocycles. The van der Waals surface area contributed by atoms with Gasteiger partial charge < -0.3 is 10.6 Å². The monoisotopic (exact) mass is 417 g/mol. The van der Waals surface area contributed by atoms with Crippen LogP contribution < -0.4 is 10.6 Å². The third-order valence-corrected chi connectivity index (χ3v) is 6.85. The number of nitrogens with zero attached hydrogens (tertiary/aromatic N) is 3. The van der Waals surface area contributed by atoms with Gasteiger partial charge in [-0.3, -0.25) is 24.4 Å². The first-order valence-corrected chi connectivity index (χ1v) is 11.6. The fourth-order valence-corrected chi connectivity index (χ4v) is 5.43. The van der Waals surface area contributed by atoms with E-state index in [-0.39, 0.29) is 35.5 Å². The molecule has 0 aromatic rings. The van der Waals surface area contributed by atoms with Crippen LogP contribution in [0.1, 0.15) is 47.0 Å². The van der Waals surface area contributed by atoms with Crippen molar-refractivity contribution in [2.75, 3.05) is 33.2 Å². The lowest BCUT2D eigenvalue weighted by Gasteiger charge is -2.30. The predicted molar refractivity (Wildman–Crippen MR) is 120 cm³/mol. The Morgan fingerprint density at radius 3 is 2.07 bits per heavy atom. The van der Waals surface area contributed by atoms with E-state index in [0.717, 1.165) is 38.3 Å². The van der Waals surface area contributed by atoms with Crippen LogP contribution in [0, 0.1) is 23.7 Å². The summed E-state index contributed by atoms with van der Waals surface area (Å²) in [7, 11) is 1.77. The van der Waals surface area contributed by atoms with Gasteiger partial charge in [0.05, 0.1) is 11.8 Å². The van der Waals surface area contributed by atoms with Gasteiger partial charge >= 0.3 is 0 Å². The molecular formula is C23H39N5O2. The quantitative estimate of drug-likeness (QED) is 0.187. The van der Waals surface area contributed by atoms with Crippen LogP contribution in [-0.4, -0.2) is 72.9 Å². The van der Waals surface area contributed by atoms with Crippen molar-refractivity contribution in [2.45, 2.75) is 59.0 Å². The van der Waals surface area contributed by atoms with E-state index in [2.05, 4.69) is 60.4 Å². The Morgan fingerprint density at radius 1 is 1.03 bits per heavy atom. The zero-order valence-electron chi connectivity index (χ0n) is 19.2. The second-order valence-electron chi connectivity index (χ2n) is 9.39. The molecule has 2 bridgehead atoms. The summed E-state index contributed by atoms with van der Waals surface area (Å²) in [5, 5.41) is 6.66. The van der Waals surface area contributed by atoms with E-state index in [9.17, 15) is 9.59 Å². The van der Waals surface area contributed by atoms with Gasteiger partial charge in [0.1, 0.15) is 0 Å². The molecule has 0 radical (unpaired) electrons. The molecule has 4 unspecified atom stereocenters. The summed E-state index contributed by atoms with van der Waals surface area (Å²) < 4.78 is 0. The van der Waals surface area contributed by atoms with E-state index in [1.165, 1.54) is 4.90 Å². The van der Waals surface area contributed by atoms with Crippen LogP contribution in [0.15, 0.2) is 17.1 Å². The lowest BCUT2D eigenvalue weighted by Crippen LogP contribution is -2.42. The number of fused-ring (bicyclic) bond motifs is 5. The SMILES string of the molecule is CN=C(NCCCN1C(=O)C2C3C=CC(C3)C2C1=O)NCCCN(C(C)C)C(C)C. The van der Waals surface area contributed by atoms with Crippen LogP contribution in [0.2, 0.25) is 0 Å². The highest BCUT2D eigenvalue weighted by molar-refractivity contribution is 6.06. The summed E-state index contributed by atoms with van der Waals surface area (Å²) in [6, 6.07) is 1.09. The number of imide groups is 1. The molecule has 2 fully saturated rings. The molecule has 4 atom stereocenters. The van der Waals surface area contributed by atoms with E-state index in [1.54, 1.807) is 7.05 Å². The summed E-state index contributed by atoms with van der Waals surface area (Å²) in [5.74, 6) is 1.24. The number of carbonyl (C=O) groups is 2. The number of hydrogen-bond donors (Lipinski definition) is 2. The summed E-state index contributed by atoms with van der Waals surface area (Å²) in [6.45, 7) is 12.0. The van der Waals surface area contributed by atoms with E-state index in [0.29, 0.717) is 25.2 Å². The van der Waals surface area contributed by atoms with Gasteiger partial charge in [0, 0.05) is 45.3 Å². The Labute approximate surface area is 181 Å². The number of carbonyl (C=O) groups excluding carboxylic acids is 2. The number of nitrogens with one attached hydrogen (secondary N) is 2. The third kappa shape index (κ3) is 4.71. The van der Waals surface area contributed by atoms with Gasteiger partial charge in [0.25, 0.3) is 0 Å². The molecule has 2 N–H and O–H groups in total. The van der Waals surface area contributed by atoms with Crippen molar-refractivity contribution in [3.63, 3.8) is 0 Å². The second-order valence-corrected chi connectivity index (χ2v) is 9.39. The van der Waals surface area contributed by atoms with Crippen LogP contribution in [0.25, 0.3) is 0 Å². The number of allylic oxidation sites excluding steroid dienone is 2. The molecule has 0 spiro atoms. The summed E-state index contributed by atoms with van der Waals surface area (Å²) in [5.41, 5.74) is 0. The molecule has 3 rings (SSSR count). The normalized spacial score (nSPS) is 27.9. The van der Waals surface area contributed by atoms with E-state index in [4.69, 9.17) is 0 Å². The van der Waals surface area contributed by atoms with E-state index >= 15 is 0 Å². The highest BCUT2D eigenvalue weighted by Crippen LogP contribution is 2.52. The average Bonchev–Trinajstić information content (AvgIpc) is 3.37. The standard InChI is InChI=1S/C23H39N5O2/c1-15(2)27(16(3)4)12-6-10-25-23(24-5)26-11-7-13-28-21(29)19-17-8-9-18(14-17)20(19)22(28)30/h8-9,15-20H,6-7,10-14H2,1-5H3,(H2,24,25,26). The van der Waals surface area contributed by atoms with Crippen molar-refractivity contribution >= 4 is 17.8 Å². The molecule has 7 nitrogen and oxygen atoms in total. The van der Waals surface area contributed by atoms with Gasteiger partial charge in [-0.2, -0.15) is 0 Å². The lowest BCUT2D eigenvalue weighted by atomic mass is 9.85. The van der Waals surface area contributed by atoms with Crippen molar-refractivity contribution in [3.8, 4) is 0 Å². The van der Waals surface area contributed by atoms with Gasteiger partial charge in [-0.25, -0.2) is 0 Å². The van der Waals surface area contributed by atoms with Crippen molar-refractivity contribution < 1.29 is 9.59 Å². The van der Waals surface area contributed by atoms with E-state index < -0.39 is 0 Å². The van der Waals surface area contributed by atoms with Gasteiger partial charge in [0.15, 0.2) is 5.96 Å². The number of likely N-dealkylation sites (tertiary alicyclic amines) is 1. The first kappa shape index (κ1) is 22.8. The van der Waals surface area contributed by atoms with Crippen molar-refractivity contribution in [1.29, 1.82) is 0 Å². The molecule has 30 heavy (non-hydrogen) atoms. The zero-order valence-corrected chi connectivity index (χ0v) is 19.2. The first-order chi connectivity index (χ1) is 14.3. The minimum atomic E-state index is -0.0915. The second kappa shape index (κ2) is 9.94. The van der Waals surface area contributed by atoms with Crippen molar-refractivity contribution in [1.82, 2.24) is 20.4 Å². The maximum absolute atomic E-state index is 12.7. The molecule has 1 heterocycles. The van der Waals surface area contributed by atoms with Crippen LogP contribution in [0.4, 0.5) is 0 Å². The molecule has 1 saturated heterocycles. The Hall–Kier alpha value is -1.89. The molecule has 3 aliphatic rings. The fourth-order valence-electron chi connectivity index (χ4n) is 5.43. The first-order valence-electron chi connectivity index (χ1n) is 11.6. The van der Waals surface area contributed by atoms with Crippen LogP contribution in [0.3, 0.4) is 0 Å². The Bertz CT molecular complexity index is 649. The summed E-state index contributed by atoms with van der Waals surface area (Å²) in [6.07, 6.45) is 7.04. The van der Waals surface area contributed by atoms with Crippen molar-refractivity contribution in [2.24, 2.45) is 28.7 Å². The molecular weight excluding hydrogens is 378 g/mol. The van der Waals surface area contributed by atoms with E-state index in [1.807, 2.05) is 0 Å². The molecule has 2 aliphatic carbocycles. The zero-order chi connectivity index (χ0) is 21.8. The average molecular weight is 418 g/mol. The van der Waals surface area contributed by atoms with Crippen LogP contribution in [0.5, 0.6) is 0 Å². The maximum atomic E-state index is 12.7. The maximum Gasteiger partial charge on any atom is 0.233 e. The molecule has 7 heteroatoms. The number of aliphatic imine (C=N–C) groups is 1. The molecule has 2 amide bonds. The third-order valence-electron chi connectivity index (χ3n) is 6.85. The smallest absolute Gasteiger partial charge is 0.233 e. The number of amides is 2. The summed E-state index contributed by atoms with van der Waals surface area (Å²) >= 11 is 0. The Morgan fingerprint density at radius 2 is 1.57 bits per heavy atom. The van der Waals surface area contributed by atoms with Crippen LogP contribution in [-0.2, 0) is 9.59 Å². The minimum absolute atomic E-state index is 0.0456. The van der Waals surface area contributed by atoms with Gasteiger partial charge in [-0.1, -0.05) is 12.2 Å².